The number of aliphatic hydroxyl groups is 1. The SMILES string of the molecule is CCNC1CCCCCC1CN1CCC(CCO)C1. The second-order valence-corrected chi connectivity index (χ2v) is 6.49. The summed E-state index contributed by atoms with van der Waals surface area (Å²) in [6, 6.07) is 0.740. The van der Waals surface area contributed by atoms with Gasteiger partial charge in [-0.2, -0.15) is 0 Å². The van der Waals surface area contributed by atoms with E-state index in [0.29, 0.717) is 6.61 Å². The molecule has 0 spiro atoms. The van der Waals surface area contributed by atoms with Crippen molar-refractivity contribution in [1.82, 2.24) is 10.2 Å². The van der Waals surface area contributed by atoms with Gasteiger partial charge in [-0.3, -0.25) is 0 Å². The van der Waals surface area contributed by atoms with Gasteiger partial charge in [-0.25, -0.2) is 0 Å². The quantitative estimate of drug-likeness (QED) is 0.725. The number of hydrogen-bond acceptors (Lipinski definition) is 3. The topological polar surface area (TPSA) is 35.5 Å². The Hall–Kier alpha value is -0.120. The third-order valence-corrected chi connectivity index (χ3v) is 5.03. The van der Waals surface area contributed by atoms with Crippen LogP contribution in [0, 0.1) is 11.8 Å². The molecule has 1 aliphatic heterocycles. The monoisotopic (exact) mass is 268 g/mol. The Morgan fingerprint density at radius 1 is 1.16 bits per heavy atom. The summed E-state index contributed by atoms with van der Waals surface area (Å²) in [5.41, 5.74) is 0. The summed E-state index contributed by atoms with van der Waals surface area (Å²) in [4.78, 5) is 2.65. The van der Waals surface area contributed by atoms with Crippen molar-refractivity contribution < 1.29 is 5.11 Å². The maximum Gasteiger partial charge on any atom is 0.0434 e. The van der Waals surface area contributed by atoms with Crippen molar-refractivity contribution in [3.63, 3.8) is 0 Å². The van der Waals surface area contributed by atoms with Crippen LogP contribution in [0.3, 0.4) is 0 Å². The third-order valence-electron chi connectivity index (χ3n) is 5.03. The van der Waals surface area contributed by atoms with Crippen molar-refractivity contribution in [1.29, 1.82) is 0 Å². The Morgan fingerprint density at radius 2 is 2.00 bits per heavy atom. The Balaban J connectivity index is 1.81. The first-order valence-electron chi connectivity index (χ1n) is 8.40. The van der Waals surface area contributed by atoms with Gasteiger partial charge in [-0.1, -0.05) is 26.2 Å². The third kappa shape index (κ3) is 4.73. The van der Waals surface area contributed by atoms with Crippen LogP contribution >= 0.6 is 0 Å². The Morgan fingerprint density at radius 3 is 2.79 bits per heavy atom. The van der Waals surface area contributed by atoms with Crippen LogP contribution in [0.1, 0.15) is 51.9 Å². The van der Waals surface area contributed by atoms with E-state index < -0.39 is 0 Å². The molecular weight excluding hydrogens is 236 g/mol. The Labute approximate surface area is 118 Å². The van der Waals surface area contributed by atoms with Gasteiger partial charge in [0.25, 0.3) is 0 Å². The van der Waals surface area contributed by atoms with E-state index in [2.05, 4.69) is 17.1 Å². The first-order valence-corrected chi connectivity index (χ1v) is 8.40. The molecule has 3 nitrogen and oxygen atoms in total. The van der Waals surface area contributed by atoms with Crippen molar-refractivity contribution in [3.05, 3.63) is 0 Å². The molecule has 2 aliphatic rings. The maximum atomic E-state index is 9.06. The molecule has 0 aromatic rings. The van der Waals surface area contributed by atoms with E-state index in [1.165, 1.54) is 58.2 Å². The lowest BCUT2D eigenvalue weighted by atomic mass is 9.94. The summed E-state index contributed by atoms with van der Waals surface area (Å²) in [5, 5.41) is 12.8. The molecule has 0 amide bonds. The van der Waals surface area contributed by atoms with E-state index in [1.807, 2.05) is 0 Å². The van der Waals surface area contributed by atoms with Gasteiger partial charge in [-0.15, -0.1) is 0 Å². The molecule has 0 bridgehead atoms. The van der Waals surface area contributed by atoms with Gasteiger partial charge in [0.1, 0.15) is 0 Å². The Kier molecular flexibility index (Phi) is 6.62. The average molecular weight is 268 g/mol. The van der Waals surface area contributed by atoms with Crippen LogP contribution in [0.2, 0.25) is 0 Å². The van der Waals surface area contributed by atoms with Gasteiger partial charge in [0.2, 0.25) is 0 Å². The highest BCUT2D eigenvalue weighted by Gasteiger charge is 2.28. The van der Waals surface area contributed by atoms with Crippen LogP contribution in [-0.4, -0.2) is 48.8 Å². The molecule has 1 heterocycles. The van der Waals surface area contributed by atoms with Gasteiger partial charge >= 0.3 is 0 Å². The van der Waals surface area contributed by atoms with Gasteiger partial charge in [0.05, 0.1) is 0 Å². The molecule has 0 radical (unpaired) electrons. The van der Waals surface area contributed by atoms with E-state index >= 15 is 0 Å². The number of nitrogens with one attached hydrogen (secondary N) is 1. The van der Waals surface area contributed by atoms with Crippen LogP contribution in [0.25, 0.3) is 0 Å². The lowest BCUT2D eigenvalue weighted by Gasteiger charge is -2.30. The highest BCUT2D eigenvalue weighted by Crippen LogP contribution is 2.27. The van der Waals surface area contributed by atoms with Crippen molar-refractivity contribution in [2.24, 2.45) is 11.8 Å². The summed E-state index contributed by atoms with van der Waals surface area (Å²) >= 11 is 0. The van der Waals surface area contributed by atoms with Crippen LogP contribution in [0.15, 0.2) is 0 Å². The van der Waals surface area contributed by atoms with Crippen LogP contribution < -0.4 is 5.32 Å². The Bertz CT molecular complexity index is 247. The fourth-order valence-corrected chi connectivity index (χ4v) is 3.96. The highest BCUT2D eigenvalue weighted by molar-refractivity contribution is 4.84. The number of aliphatic hydroxyl groups excluding tert-OH is 1. The summed E-state index contributed by atoms with van der Waals surface area (Å²) in [5.74, 6) is 1.59. The maximum absolute atomic E-state index is 9.06. The molecule has 1 aliphatic carbocycles. The van der Waals surface area contributed by atoms with Gasteiger partial charge < -0.3 is 15.3 Å². The normalized spacial score (nSPS) is 33.5. The molecule has 2 rings (SSSR count). The highest BCUT2D eigenvalue weighted by atomic mass is 16.3. The minimum absolute atomic E-state index is 0.363. The predicted molar refractivity (Wildman–Crippen MR) is 80.3 cm³/mol. The van der Waals surface area contributed by atoms with Crippen LogP contribution in [0.4, 0.5) is 0 Å². The molecule has 0 aromatic heterocycles. The molecule has 1 saturated carbocycles. The number of nitrogens with zero attached hydrogens (tertiary/aromatic N) is 1. The first-order chi connectivity index (χ1) is 9.33. The van der Waals surface area contributed by atoms with Crippen molar-refractivity contribution in [3.8, 4) is 0 Å². The molecule has 19 heavy (non-hydrogen) atoms. The molecule has 112 valence electrons. The fraction of sp³-hybridized carbons (Fsp3) is 1.00. The molecule has 1 saturated heterocycles. The average Bonchev–Trinajstić information content (AvgIpc) is 2.72. The van der Waals surface area contributed by atoms with Crippen molar-refractivity contribution >= 4 is 0 Å². The summed E-state index contributed by atoms with van der Waals surface area (Å²) in [7, 11) is 0. The molecule has 3 unspecified atom stereocenters. The molecule has 2 fully saturated rings. The van der Waals surface area contributed by atoms with E-state index in [0.717, 1.165) is 30.8 Å². The van der Waals surface area contributed by atoms with Gasteiger partial charge in [0, 0.05) is 25.7 Å². The zero-order chi connectivity index (χ0) is 13.5. The van der Waals surface area contributed by atoms with E-state index in [4.69, 9.17) is 5.11 Å². The minimum atomic E-state index is 0.363. The largest absolute Gasteiger partial charge is 0.396 e. The molecule has 2 N–H and O–H groups in total. The summed E-state index contributed by atoms with van der Waals surface area (Å²) in [6.45, 7) is 7.45. The standard InChI is InChI=1S/C16H32N2O/c1-2-17-16-7-5-3-4-6-15(16)13-18-10-8-14(12-18)9-11-19/h14-17,19H,2-13H2,1H3. The molecule has 0 aromatic carbocycles. The second kappa shape index (κ2) is 8.23. The van der Waals surface area contributed by atoms with Crippen molar-refractivity contribution in [2.75, 3.05) is 32.8 Å². The molecule has 3 heteroatoms. The first kappa shape index (κ1) is 15.3. The smallest absolute Gasteiger partial charge is 0.0434 e. The van der Waals surface area contributed by atoms with Crippen LogP contribution in [0.5, 0.6) is 0 Å². The van der Waals surface area contributed by atoms with E-state index in [-0.39, 0.29) is 0 Å². The van der Waals surface area contributed by atoms with Gasteiger partial charge in [-0.05, 0) is 50.6 Å². The number of rotatable bonds is 6. The molecular formula is C16H32N2O. The van der Waals surface area contributed by atoms with Gasteiger partial charge in [0.15, 0.2) is 0 Å². The van der Waals surface area contributed by atoms with E-state index in [1.54, 1.807) is 0 Å². The zero-order valence-corrected chi connectivity index (χ0v) is 12.6. The number of hydrogen-bond donors (Lipinski definition) is 2. The predicted octanol–water partition coefficient (Wildman–Crippen LogP) is 2.25. The van der Waals surface area contributed by atoms with Crippen LogP contribution in [-0.2, 0) is 0 Å². The summed E-state index contributed by atoms with van der Waals surface area (Å²) in [6.07, 6.45) is 9.30. The van der Waals surface area contributed by atoms with E-state index in [9.17, 15) is 0 Å². The fourth-order valence-electron chi connectivity index (χ4n) is 3.96. The lowest BCUT2D eigenvalue weighted by molar-refractivity contribution is 0.211. The van der Waals surface area contributed by atoms with Crippen molar-refractivity contribution in [2.45, 2.75) is 57.9 Å². The minimum Gasteiger partial charge on any atom is -0.396 e. The molecule has 3 atom stereocenters. The summed E-state index contributed by atoms with van der Waals surface area (Å²) < 4.78 is 0. The zero-order valence-electron chi connectivity index (χ0n) is 12.6. The second-order valence-electron chi connectivity index (χ2n) is 6.49. The lowest BCUT2D eigenvalue weighted by Crippen LogP contribution is -2.41. The number of likely N-dealkylation sites (tertiary alicyclic amines) is 1.